The molecule has 1 saturated carbocycles. The van der Waals surface area contributed by atoms with Gasteiger partial charge in [0.05, 0.1) is 34.7 Å². The van der Waals surface area contributed by atoms with E-state index < -0.39 is 74.9 Å². The first-order valence-corrected chi connectivity index (χ1v) is 19.6. The van der Waals surface area contributed by atoms with Gasteiger partial charge in [0.1, 0.15) is 12.4 Å². The topological polar surface area (TPSA) is 126 Å². The number of carboxylic acid groups (broad SMARTS) is 1. The fourth-order valence-electron chi connectivity index (χ4n) is 6.46. The number of anilines is 1. The number of hydrogen-bond acceptors (Lipinski definition) is 8. The summed E-state index contributed by atoms with van der Waals surface area (Å²) in [5, 5.41) is 9.19. The maximum absolute atomic E-state index is 14.1. The van der Waals surface area contributed by atoms with Crippen LogP contribution in [0.1, 0.15) is 79.8 Å². The number of alkyl halides is 9. The van der Waals surface area contributed by atoms with Crippen LogP contribution in [0.15, 0.2) is 65.7 Å². The summed E-state index contributed by atoms with van der Waals surface area (Å²) in [6, 6.07) is 2.54. The van der Waals surface area contributed by atoms with Crippen LogP contribution in [0.2, 0.25) is 0 Å². The molecule has 1 aliphatic rings. The summed E-state index contributed by atoms with van der Waals surface area (Å²) in [6.07, 6.45) is -9.71. The number of hydrogen-bond donors (Lipinski definition) is 2. The monoisotopic (exact) mass is 828 g/mol. The number of ether oxygens (including phenoxy) is 1. The molecule has 56 heavy (non-hydrogen) atoms. The molecule has 1 fully saturated rings. The zero-order valence-corrected chi connectivity index (χ0v) is 31.8. The molecule has 19 heteroatoms. The van der Waals surface area contributed by atoms with Gasteiger partial charge in [-0.05, 0) is 98.9 Å². The minimum absolute atomic E-state index is 0.00417. The van der Waals surface area contributed by atoms with Gasteiger partial charge in [-0.15, -0.1) is 0 Å². The van der Waals surface area contributed by atoms with Gasteiger partial charge in [-0.25, -0.2) is 13.4 Å². The Morgan fingerprint density at radius 2 is 1.52 bits per heavy atom. The maximum Gasteiger partial charge on any atom is 0.416 e. The highest BCUT2D eigenvalue weighted by molar-refractivity contribution is 7.90. The van der Waals surface area contributed by atoms with Crippen molar-refractivity contribution in [1.82, 2.24) is 4.90 Å². The van der Waals surface area contributed by atoms with Gasteiger partial charge in [-0.2, -0.15) is 39.5 Å². The molecule has 0 saturated heterocycles. The van der Waals surface area contributed by atoms with E-state index in [4.69, 9.17) is 10.5 Å². The van der Waals surface area contributed by atoms with Crippen molar-refractivity contribution in [2.75, 3.05) is 36.6 Å². The molecular weight excluding hydrogens is 783 g/mol. The number of benzene rings is 2. The molecule has 0 heterocycles. The van der Waals surface area contributed by atoms with E-state index in [1.807, 2.05) is 4.90 Å². The molecule has 0 bridgehead atoms. The molecule has 1 unspecified atom stereocenters. The average molecular weight is 829 g/mol. The molecule has 312 valence electrons. The SMILES string of the molecule is C=C(N=C/C(=C\N)OCCS(C)(=O)=O)N(Cc1cc(C(F)(F)F)ccc1N(CC)CC1CCC(CC(=O)O)CC1)C(C)c1cc(C(F)(F)F)cc(C(F)(F)F)c1. The molecule has 2 aromatic rings. The van der Waals surface area contributed by atoms with Crippen LogP contribution in [0.4, 0.5) is 45.2 Å². The summed E-state index contributed by atoms with van der Waals surface area (Å²) >= 11 is 0. The number of nitrogens with zero attached hydrogens (tertiary/aromatic N) is 3. The van der Waals surface area contributed by atoms with Crippen LogP contribution in [0.25, 0.3) is 0 Å². The van der Waals surface area contributed by atoms with Crippen molar-refractivity contribution in [3.63, 3.8) is 0 Å². The molecule has 0 aliphatic heterocycles. The Morgan fingerprint density at radius 1 is 0.964 bits per heavy atom. The van der Waals surface area contributed by atoms with Crippen LogP contribution in [0.3, 0.4) is 0 Å². The third-order valence-corrected chi connectivity index (χ3v) is 10.4. The van der Waals surface area contributed by atoms with E-state index in [0.717, 1.165) is 35.7 Å². The number of carbonyl (C=O) groups is 1. The lowest BCUT2D eigenvalue weighted by atomic mass is 9.80. The number of halogens is 9. The van der Waals surface area contributed by atoms with E-state index in [9.17, 15) is 57.8 Å². The minimum atomic E-state index is -5.19. The smallest absolute Gasteiger partial charge is 0.416 e. The van der Waals surface area contributed by atoms with E-state index in [1.165, 1.54) is 13.0 Å². The molecule has 0 aromatic heterocycles. The van der Waals surface area contributed by atoms with E-state index in [2.05, 4.69) is 11.6 Å². The predicted octanol–water partition coefficient (Wildman–Crippen LogP) is 8.82. The molecule has 2 aromatic carbocycles. The molecule has 0 spiro atoms. The Morgan fingerprint density at radius 3 is 2.00 bits per heavy atom. The van der Waals surface area contributed by atoms with Crippen LogP contribution in [-0.4, -0.2) is 62.3 Å². The van der Waals surface area contributed by atoms with E-state index in [0.29, 0.717) is 56.6 Å². The highest BCUT2D eigenvalue weighted by Gasteiger charge is 2.38. The van der Waals surface area contributed by atoms with Gasteiger partial charge in [0.25, 0.3) is 0 Å². The zero-order valence-electron chi connectivity index (χ0n) is 30.9. The maximum atomic E-state index is 14.1. The lowest BCUT2D eigenvalue weighted by molar-refractivity contribution is -0.143. The van der Waals surface area contributed by atoms with Crippen molar-refractivity contribution in [2.24, 2.45) is 22.6 Å². The van der Waals surface area contributed by atoms with Crippen molar-refractivity contribution in [2.45, 2.75) is 77.1 Å². The Kier molecular flexibility index (Phi) is 15.3. The lowest BCUT2D eigenvalue weighted by Gasteiger charge is -2.36. The number of carboxylic acids is 1. The minimum Gasteiger partial charge on any atom is -0.489 e. The Balaban J connectivity index is 2.14. The summed E-state index contributed by atoms with van der Waals surface area (Å²) in [5.74, 6) is -1.77. The third-order valence-electron chi connectivity index (χ3n) is 9.50. The normalized spacial score (nSPS) is 17.8. The Labute approximate surface area is 319 Å². The first-order chi connectivity index (χ1) is 25.8. The first kappa shape index (κ1) is 46.0. The largest absolute Gasteiger partial charge is 0.489 e. The molecule has 0 amide bonds. The fraction of sp³-hybridized carbons (Fsp3) is 0.514. The second-order valence-electron chi connectivity index (χ2n) is 13.7. The number of aliphatic carboxylic acids is 1. The van der Waals surface area contributed by atoms with Crippen LogP contribution >= 0.6 is 0 Å². The predicted molar refractivity (Wildman–Crippen MR) is 193 cm³/mol. The number of allylic oxidation sites excluding steroid dienone is 1. The summed E-state index contributed by atoms with van der Waals surface area (Å²) in [6.45, 7) is 6.65. The van der Waals surface area contributed by atoms with E-state index in [1.54, 1.807) is 6.92 Å². The van der Waals surface area contributed by atoms with Crippen LogP contribution < -0.4 is 10.6 Å². The number of rotatable bonds is 17. The Hall–Kier alpha value is -4.42. The second kappa shape index (κ2) is 18.7. The van der Waals surface area contributed by atoms with Crippen molar-refractivity contribution in [1.29, 1.82) is 0 Å². The van der Waals surface area contributed by atoms with Crippen molar-refractivity contribution in [3.8, 4) is 0 Å². The second-order valence-corrected chi connectivity index (χ2v) is 16.0. The summed E-state index contributed by atoms with van der Waals surface area (Å²) in [5.41, 5.74) is 1.13. The lowest BCUT2D eigenvalue weighted by Crippen LogP contribution is -2.33. The summed E-state index contributed by atoms with van der Waals surface area (Å²) < 4.78 is 154. The van der Waals surface area contributed by atoms with Crippen molar-refractivity contribution >= 4 is 27.7 Å². The summed E-state index contributed by atoms with van der Waals surface area (Å²) in [7, 11) is -3.45. The van der Waals surface area contributed by atoms with Crippen molar-refractivity contribution in [3.05, 3.63) is 88.6 Å². The molecule has 3 rings (SSSR count). The van der Waals surface area contributed by atoms with E-state index in [-0.39, 0.29) is 48.1 Å². The quantitative estimate of drug-likeness (QED) is 0.0922. The van der Waals surface area contributed by atoms with Crippen LogP contribution in [0, 0.1) is 11.8 Å². The standard InChI is InChI=1S/C37H45F9N4O5S/c1-5-49(21-26-8-6-25(7-9-26)14-34(51)52)33-11-10-29(35(38,39)40)17-28(33)22-50(24(3)48-20-32(19-47)55-12-13-56(4,53)54)23(2)27-15-30(36(41,42)43)18-31(16-27)37(44,45)46/h10-11,15-20,23,25-26H,3,5-9,12-14,21-22,47H2,1-2,4H3,(H,51,52)/b32-19+,48-20?. The van der Waals surface area contributed by atoms with Gasteiger partial charge >= 0.3 is 24.5 Å². The van der Waals surface area contributed by atoms with Crippen molar-refractivity contribution < 1.29 is 62.6 Å². The van der Waals surface area contributed by atoms with Crippen LogP contribution in [-0.2, 0) is 44.4 Å². The Bertz CT molecular complexity index is 1820. The average Bonchev–Trinajstić information content (AvgIpc) is 3.09. The molecule has 1 aliphatic carbocycles. The number of aliphatic imine (C=N–C) groups is 1. The third kappa shape index (κ3) is 13.7. The van der Waals surface area contributed by atoms with Gasteiger partial charge in [0.15, 0.2) is 15.6 Å². The number of sulfone groups is 1. The van der Waals surface area contributed by atoms with E-state index >= 15 is 0 Å². The first-order valence-electron chi connectivity index (χ1n) is 17.5. The highest BCUT2D eigenvalue weighted by Crippen LogP contribution is 2.41. The van der Waals surface area contributed by atoms with Gasteiger partial charge < -0.3 is 25.4 Å². The van der Waals surface area contributed by atoms with Gasteiger partial charge in [0.2, 0.25) is 0 Å². The van der Waals surface area contributed by atoms with Gasteiger partial charge in [0, 0.05) is 44.2 Å². The molecular formula is C37H45F9N4O5S. The summed E-state index contributed by atoms with van der Waals surface area (Å²) in [4.78, 5) is 18.3. The molecule has 3 N–H and O–H groups in total. The molecule has 9 nitrogen and oxygen atoms in total. The van der Waals surface area contributed by atoms with Gasteiger partial charge in [-0.1, -0.05) is 6.58 Å². The fourth-order valence-corrected chi connectivity index (χ4v) is 6.84. The van der Waals surface area contributed by atoms with Crippen LogP contribution in [0.5, 0.6) is 0 Å². The highest BCUT2D eigenvalue weighted by atomic mass is 32.2. The molecule has 1 atom stereocenters. The molecule has 0 radical (unpaired) electrons. The number of nitrogens with two attached hydrogens (primary N) is 1. The zero-order chi connectivity index (χ0) is 42.2. The van der Waals surface area contributed by atoms with Gasteiger partial charge in [-0.3, -0.25) is 4.79 Å².